The Hall–Kier alpha value is -1.53. The zero-order chi connectivity index (χ0) is 17.5. The molecule has 25 heavy (non-hydrogen) atoms. The van der Waals surface area contributed by atoms with E-state index in [9.17, 15) is 4.79 Å². The minimum atomic E-state index is 0.0793. The molecule has 0 saturated heterocycles. The van der Waals surface area contributed by atoms with Crippen LogP contribution in [0.3, 0.4) is 0 Å². The van der Waals surface area contributed by atoms with Gasteiger partial charge in [0, 0.05) is 6.54 Å². The van der Waals surface area contributed by atoms with Gasteiger partial charge in [-0.25, -0.2) is 4.98 Å². The highest BCUT2D eigenvalue weighted by Crippen LogP contribution is 2.31. The second kappa shape index (κ2) is 9.25. The second-order valence-corrected chi connectivity index (χ2v) is 8.29. The molecule has 1 aliphatic rings. The van der Waals surface area contributed by atoms with E-state index in [0.29, 0.717) is 12.4 Å². The van der Waals surface area contributed by atoms with Gasteiger partial charge in [0.05, 0.1) is 22.6 Å². The maximum atomic E-state index is 12.0. The van der Waals surface area contributed by atoms with Gasteiger partial charge in [-0.3, -0.25) is 4.79 Å². The molecule has 134 valence electrons. The molecule has 0 bridgehead atoms. The summed E-state index contributed by atoms with van der Waals surface area (Å²) in [5.41, 5.74) is 2.45. The van der Waals surface area contributed by atoms with Gasteiger partial charge in [-0.2, -0.15) is 0 Å². The van der Waals surface area contributed by atoms with E-state index in [4.69, 9.17) is 4.74 Å². The van der Waals surface area contributed by atoms with Gasteiger partial charge >= 0.3 is 0 Å². The molecule has 1 heterocycles. The van der Waals surface area contributed by atoms with E-state index in [2.05, 4.69) is 16.4 Å². The number of rotatable bonds is 8. The molecule has 0 atom stereocenters. The average Bonchev–Trinajstić information content (AvgIpc) is 3.03. The molecular formula is C19H24N2O2S2. The summed E-state index contributed by atoms with van der Waals surface area (Å²) < 4.78 is 7.54. The second-order valence-electron chi connectivity index (χ2n) is 6.04. The molecule has 0 radical (unpaired) electrons. The van der Waals surface area contributed by atoms with Crippen LogP contribution in [0, 0.1) is 0 Å². The Morgan fingerprint density at radius 3 is 3.12 bits per heavy atom. The summed E-state index contributed by atoms with van der Waals surface area (Å²) in [5.74, 6) is 1.36. The molecule has 0 spiro atoms. The van der Waals surface area contributed by atoms with E-state index >= 15 is 0 Å². The fraction of sp³-hybridized carbons (Fsp3) is 0.474. The van der Waals surface area contributed by atoms with Gasteiger partial charge in [0.15, 0.2) is 4.34 Å². The Labute approximate surface area is 157 Å². The fourth-order valence-corrected chi connectivity index (χ4v) is 4.80. The van der Waals surface area contributed by atoms with Gasteiger partial charge in [-0.05, 0) is 57.2 Å². The van der Waals surface area contributed by atoms with Crippen molar-refractivity contribution >= 4 is 39.2 Å². The van der Waals surface area contributed by atoms with Crippen LogP contribution in [0.1, 0.15) is 39.0 Å². The molecular weight excluding hydrogens is 352 g/mol. The van der Waals surface area contributed by atoms with Crippen LogP contribution in [0.15, 0.2) is 34.2 Å². The lowest BCUT2D eigenvalue weighted by atomic mass is 9.97. The van der Waals surface area contributed by atoms with Crippen molar-refractivity contribution in [3.05, 3.63) is 29.8 Å². The first-order valence-corrected chi connectivity index (χ1v) is 10.7. The monoisotopic (exact) mass is 376 g/mol. The minimum Gasteiger partial charge on any atom is -0.494 e. The molecule has 1 amide bonds. The number of aromatic nitrogens is 1. The third-order valence-electron chi connectivity index (χ3n) is 4.13. The van der Waals surface area contributed by atoms with Crippen molar-refractivity contribution < 1.29 is 9.53 Å². The Morgan fingerprint density at radius 1 is 1.40 bits per heavy atom. The number of fused-ring (bicyclic) bond motifs is 1. The average molecular weight is 377 g/mol. The highest BCUT2D eigenvalue weighted by molar-refractivity contribution is 8.01. The largest absolute Gasteiger partial charge is 0.494 e. The van der Waals surface area contributed by atoms with Gasteiger partial charge in [0.25, 0.3) is 0 Å². The number of ether oxygens (including phenoxy) is 1. The number of nitrogens with zero attached hydrogens (tertiary/aromatic N) is 1. The first-order chi connectivity index (χ1) is 12.2. The van der Waals surface area contributed by atoms with Gasteiger partial charge in [0.1, 0.15) is 5.75 Å². The zero-order valence-electron chi connectivity index (χ0n) is 14.5. The molecule has 0 fully saturated rings. The molecule has 1 N–H and O–H groups in total. The lowest BCUT2D eigenvalue weighted by Gasteiger charge is -2.12. The third kappa shape index (κ3) is 5.47. The number of carbonyl (C=O) groups excluding carboxylic acids is 1. The Kier molecular flexibility index (Phi) is 6.76. The highest BCUT2D eigenvalue weighted by Gasteiger charge is 2.09. The summed E-state index contributed by atoms with van der Waals surface area (Å²) >= 11 is 3.11. The number of nitrogens with one attached hydrogen (secondary N) is 1. The highest BCUT2D eigenvalue weighted by atomic mass is 32.2. The van der Waals surface area contributed by atoms with E-state index in [1.807, 2.05) is 25.1 Å². The predicted octanol–water partition coefficient (Wildman–Crippen LogP) is 4.79. The number of benzene rings is 1. The van der Waals surface area contributed by atoms with Crippen LogP contribution in [-0.4, -0.2) is 29.8 Å². The van der Waals surface area contributed by atoms with Crippen LogP contribution in [0.4, 0.5) is 0 Å². The number of hydrogen-bond acceptors (Lipinski definition) is 5. The van der Waals surface area contributed by atoms with Crippen LogP contribution in [-0.2, 0) is 4.79 Å². The van der Waals surface area contributed by atoms with Gasteiger partial charge < -0.3 is 10.1 Å². The summed E-state index contributed by atoms with van der Waals surface area (Å²) in [6.45, 7) is 3.37. The van der Waals surface area contributed by atoms with Gasteiger partial charge in [0.2, 0.25) is 5.91 Å². The summed E-state index contributed by atoms with van der Waals surface area (Å²) in [6, 6.07) is 5.92. The van der Waals surface area contributed by atoms with Crippen molar-refractivity contribution in [3.63, 3.8) is 0 Å². The van der Waals surface area contributed by atoms with E-state index < -0.39 is 0 Å². The van der Waals surface area contributed by atoms with Crippen molar-refractivity contribution in [1.82, 2.24) is 10.3 Å². The van der Waals surface area contributed by atoms with E-state index in [1.165, 1.54) is 43.0 Å². The Balaban J connectivity index is 1.45. The molecule has 0 aliphatic heterocycles. The minimum absolute atomic E-state index is 0.0793. The van der Waals surface area contributed by atoms with Crippen LogP contribution < -0.4 is 10.1 Å². The number of carbonyl (C=O) groups is 1. The lowest BCUT2D eigenvalue weighted by molar-refractivity contribution is -0.118. The van der Waals surface area contributed by atoms with Crippen LogP contribution in [0.25, 0.3) is 10.2 Å². The Bertz CT molecular complexity index is 755. The zero-order valence-corrected chi connectivity index (χ0v) is 16.2. The number of allylic oxidation sites excluding steroid dienone is 1. The van der Waals surface area contributed by atoms with E-state index in [-0.39, 0.29) is 5.91 Å². The fourth-order valence-electron chi connectivity index (χ4n) is 2.87. The van der Waals surface area contributed by atoms with Crippen molar-refractivity contribution in [2.45, 2.75) is 43.4 Å². The predicted molar refractivity (Wildman–Crippen MR) is 106 cm³/mol. The Morgan fingerprint density at radius 2 is 2.32 bits per heavy atom. The third-order valence-corrected chi connectivity index (χ3v) is 6.29. The maximum Gasteiger partial charge on any atom is 0.230 e. The molecule has 1 aromatic heterocycles. The van der Waals surface area contributed by atoms with Crippen LogP contribution in [0.2, 0.25) is 0 Å². The summed E-state index contributed by atoms with van der Waals surface area (Å²) in [4.78, 5) is 16.6. The molecule has 3 rings (SSSR count). The van der Waals surface area contributed by atoms with Gasteiger partial charge in [-0.15, -0.1) is 11.3 Å². The first-order valence-electron chi connectivity index (χ1n) is 8.85. The molecule has 4 nitrogen and oxygen atoms in total. The standard InChI is InChI=1S/C19H24N2O2S2/c1-2-23-15-8-9-16-17(12-15)25-19(21-16)24-13-18(22)20-11-10-14-6-4-3-5-7-14/h6,8-9,12H,2-5,7,10-11,13H2,1H3,(H,20,22). The van der Waals surface area contributed by atoms with E-state index in [0.717, 1.165) is 33.3 Å². The van der Waals surface area contributed by atoms with Crippen LogP contribution >= 0.6 is 23.1 Å². The van der Waals surface area contributed by atoms with Crippen molar-refractivity contribution in [2.24, 2.45) is 0 Å². The van der Waals surface area contributed by atoms with Crippen molar-refractivity contribution in [2.75, 3.05) is 18.9 Å². The summed E-state index contributed by atoms with van der Waals surface area (Å²) in [5, 5.41) is 3.02. The molecule has 1 aliphatic carbocycles. The number of amides is 1. The molecule has 0 saturated carbocycles. The number of thioether (sulfide) groups is 1. The lowest BCUT2D eigenvalue weighted by Crippen LogP contribution is -2.26. The first kappa shape index (κ1) is 18.3. The number of hydrogen-bond donors (Lipinski definition) is 1. The van der Waals surface area contributed by atoms with Gasteiger partial charge in [-0.1, -0.05) is 23.4 Å². The summed E-state index contributed by atoms with van der Waals surface area (Å²) in [7, 11) is 0. The quantitative estimate of drug-likeness (QED) is 0.531. The summed E-state index contributed by atoms with van der Waals surface area (Å²) in [6.07, 6.45) is 8.31. The molecule has 2 aromatic rings. The molecule has 0 unspecified atom stereocenters. The van der Waals surface area contributed by atoms with Crippen molar-refractivity contribution in [3.8, 4) is 5.75 Å². The van der Waals surface area contributed by atoms with Crippen LogP contribution in [0.5, 0.6) is 5.75 Å². The smallest absolute Gasteiger partial charge is 0.230 e. The SMILES string of the molecule is CCOc1ccc2nc(SCC(=O)NCCC3=CCCCC3)sc2c1. The molecule has 6 heteroatoms. The normalized spacial score (nSPS) is 14.4. The van der Waals surface area contributed by atoms with E-state index in [1.54, 1.807) is 11.3 Å². The topological polar surface area (TPSA) is 51.2 Å². The maximum absolute atomic E-state index is 12.0. The number of thiazole rings is 1. The van der Waals surface area contributed by atoms with Crippen molar-refractivity contribution in [1.29, 1.82) is 0 Å². The molecule has 1 aromatic carbocycles.